The zero-order valence-corrected chi connectivity index (χ0v) is 7.96. The molecule has 0 amide bonds. The number of hydrogen-bond donors (Lipinski definition) is 0. The SMILES string of the molecule is COC(=O)C(C)(C)C1C=CCC1. The van der Waals surface area contributed by atoms with E-state index in [9.17, 15) is 4.79 Å². The van der Waals surface area contributed by atoms with Crippen LogP contribution in [0.3, 0.4) is 0 Å². The van der Waals surface area contributed by atoms with E-state index in [0.29, 0.717) is 5.92 Å². The third kappa shape index (κ3) is 1.52. The first-order valence-electron chi connectivity index (χ1n) is 4.34. The highest BCUT2D eigenvalue weighted by atomic mass is 16.5. The van der Waals surface area contributed by atoms with Gasteiger partial charge in [0.2, 0.25) is 0 Å². The lowest BCUT2D eigenvalue weighted by Crippen LogP contribution is -2.32. The number of esters is 1. The minimum Gasteiger partial charge on any atom is -0.469 e. The van der Waals surface area contributed by atoms with Crippen molar-refractivity contribution in [2.45, 2.75) is 26.7 Å². The molecule has 0 bridgehead atoms. The Morgan fingerprint density at radius 1 is 1.58 bits per heavy atom. The summed E-state index contributed by atoms with van der Waals surface area (Å²) in [5, 5.41) is 0. The lowest BCUT2D eigenvalue weighted by Gasteiger charge is -2.27. The Balaban J connectivity index is 2.69. The number of carbonyl (C=O) groups is 1. The maximum Gasteiger partial charge on any atom is 0.311 e. The van der Waals surface area contributed by atoms with E-state index in [2.05, 4.69) is 12.2 Å². The molecule has 0 fully saturated rings. The second-order valence-electron chi connectivity index (χ2n) is 3.83. The normalized spacial score (nSPS) is 22.8. The van der Waals surface area contributed by atoms with Crippen molar-refractivity contribution in [1.82, 2.24) is 0 Å². The van der Waals surface area contributed by atoms with E-state index < -0.39 is 0 Å². The molecule has 1 atom stereocenters. The lowest BCUT2D eigenvalue weighted by molar-refractivity contribution is -0.152. The van der Waals surface area contributed by atoms with Gasteiger partial charge in [-0.1, -0.05) is 12.2 Å². The summed E-state index contributed by atoms with van der Waals surface area (Å²) in [7, 11) is 1.45. The van der Waals surface area contributed by atoms with Gasteiger partial charge in [0.05, 0.1) is 12.5 Å². The van der Waals surface area contributed by atoms with Crippen molar-refractivity contribution < 1.29 is 9.53 Å². The Labute approximate surface area is 73.6 Å². The molecule has 0 aliphatic heterocycles. The predicted molar refractivity (Wildman–Crippen MR) is 47.7 cm³/mol. The molecule has 0 saturated carbocycles. The Hall–Kier alpha value is -0.790. The number of hydrogen-bond acceptors (Lipinski definition) is 2. The maximum absolute atomic E-state index is 11.4. The number of allylic oxidation sites excluding steroid dienone is 2. The van der Waals surface area contributed by atoms with Crippen molar-refractivity contribution in [3.05, 3.63) is 12.2 Å². The summed E-state index contributed by atoms with van der Waals surface area (Å²) in [6, 6.07) is 0. The van der Waals surface area contributed by atoms with E-state index in [-0.39, 0.29) is 11.4 Å². The molecule has 0 N–H and O–H groups in total. The van der Waals surface area contributed by atoms with Gasteiger partial charge in [-0.25, -0.2) is 0 Å². The lowest BCUT2D eigenvalue weighted by atomic mass is 9.78. The van der Waals surface area contributed by atoms with Crippen molar-refractivity contribution in [2.75, 3.05) is 7.11 Å². The summed E-state index contributed by atoms with van der Waals surface area (Å²) in [6.45, 7) is 3.89. The van der Waals surface area contributed by atoms with Gasteiger partial charge in [0.1, 0.15) is 0 Å². The Kier molecular flexibility index (Phi) is 2.55. The molecule has 0 aromatic heterocycles. The van der Waals surface area contributed by atoms with Crippen molar-refractivity contribution in [3.8, 4) is 0 Å². The Bertz CT molecular complexity index is 204. The smallest absolute Gasteiger partial charge is 0.311 e. The molecule has 68 valence electrons. The van der Waals surface area contributed by atoms with Crippen LogP contribution in [0.25, 0.3) is 0 Å². The molecule has 2 heteroatoms. The number of ether oxygens (including phenoxy) is 1. The van der Waals surface area contributed by atoms with Gasteiger partial charge in [-0.05, 0) is 32.6 Å². The first kappa shape index (κ1) is 9.30. The van der Waals surface area contributed by atoms with E-state index in [1.54, 1.807) is 0 Å². The van der Waals surface area contributed by atoms with Crippen LogP contribution in [-0.2, 0) is 9.53 Å². The number of methoxy groups -OCH3 is 1. The second kappa shape index (κ2) is 3.30. The Morgan fingerprint density at radius 3 is 2.67 bits per heavy atom. The molecule has 1 rings (SSSR count). The average Bonchev–Trinajstić information content (AvgIpc) is 2.55. The van der Waals surface area contributed by atoms with Gasteiger partial charge < -0.3 is 4.74 Å². The predicted octanol–water partition coefficient (Wildman–Crippen LogP) is 2.15. The molecule has 2 nitrogen and oxygen atoms in total. The van der Waals surface area contributed by atoms with Crippen molar-refractivity contribution in [3.63, 3.8) is 0 Å². The monoisotopic (exact) mass is 168 g/mol. The van der Waals surface area contributed by atoms with Crippen LogP contribution in [0.5, 0.6) is 0 Å². The quantitative estimate of drug-likeness (QED) is 0.466. The summed E-state index contributed by atoms with van der Waals surface area (Å²) >= 11 is 0. The zero-order chi connectivity index (χ0) is 9.19. The molecule has 12 heavy (non-hydrogen) atoms. The van der Waals surface area contributed by atoms with E-state index >= 15 is 0 Å². The van der Waals surface area contributed by atoms with E-state index in [1.165, 1.54) is 7.11 Å². The molecule has 0 heterocycles. The maximum atomic E-state index is 11.4. The number of carbonyl (C=O) groups excluding carboxylic acids is 1. The fourth-order valence-electron chi connectivity index (χ4n) is 1.65. The topological polar surface area (TPSA) is 26.3 Å². The van der Waals surface area contributed by atoms with Crippen LogP contribution in [0.4, 0.5) is 0 Å². The molecular weight excluding hydrogens is 152 g/mol. The van der Waals surface area contributed by atoms with Gasteiger partial charge in [0, 0.05) is 0 Å². The minimum absolute atomic E-state index is 0.112. The fourth-order valence-corrected chi connectivity index (χ4v) is 1.65. The third-order valence-electron chi connectivity index (χ3n) is 2.65. The van der Waals surface area contributed by atoms with Crippen molar-refractivity contribution in [1.29, 1.82) is 0 Å². The summed E-state index contributed by atoms with van der Waals surface area (Å²) in [6.07, 6.45) is 6.42. The van der Waals surface area contributed by atoms with Gasteiger partial charge in [-0.2, -0.15) is 0 Å². The highest BCUT2D eigenvalue weighted by molar-refractivity contribution is 5.76. The molecule has 1 aliphatic carbocycles. The molecule has 0 spiro atoms. The Morgan fingerprint density at radius 2 is 2.25 bits per heavy atom. The highest BCUT2D eigenvalue weighted by Crippen LogP contribution is 2.36. The largest absolute Gasteiger partial charge is 0.469 e. The van der Waals surface area contributed by atoms with Crippen LogP contribution in [0, 0.1) is 11.3 Å². The third-order valence-corrected chi connectivity index (χ3v) is 2.65. The van der Waals surface area contributed by atoms with E-state index in [0.717, 1.165) is 12.8 Å². The molecule has 0 saturated heterocycles. The molecule has 0 aromatic carbocycles. The van der Waals surface area contributed by atoms with Crippen molar-refractivity contribution in [2.24, 2.45) is 11.3 Å². The highest BCUT2D eigenvalue weighted by Gasteiger charge is 2.36. The van der Waals surface area contributed by atoms with Gasteiger partial charge in [-0.3, -0.25) is 4.79 Å². The van der Waals surface area contributed by atoms with Crippen LogP contribution in [-0.4, -0.2) is 13.1 Å². The molecule has 0 aromatic rings. The minimum atomic E-state index is -0.359. The zero-order valence-electron chi connectivity index (χ0n) is 7.96. The summed E-state index contributed by atoms with van der Waals surface area (Å²) in [5.41, 5.74) is -0.359. The average molecular weight is 168 g/mol. The van der Waals surface area contributed by atoms with Crippen LogP contribution in [0.2, 0.25) is 0 Å². The van der Waals surface area contributed by atoms with Crippen LogP contribution < -0.4 is 0 Å². The van der Waals surface area contributed by atoms with Gasteiger partial charge in [0.25, 0.3) is 0 Å². The summed E-state index contributed by atoms with van der Waals surface area (Å²) in [4.78, 5) is 11.4. The van der Waals surface area contributed by atoms with Crippen molar-refractivity contribution >= 4 is 5.97 Å². The molecule has 0 radical (unpaired) electrons. The molecule has 1 unspecified atom stereocenters. The summed E-state index contributed by atoms with van der Waals surface area (Å²) < 4.78 is 4.75. The van der Waals surface area contributed by atoms with E-state index in [4.69, 9.17) is 4.74 Å². The van der Waals surface area contributed by atoms with Gasteiger partial charge >= 0.3 is 5.97 Å². The van der Waals surface area contributed by atoms with Gasteiger partial charge in [0.15, 0.2) is 0 Å². The first-order chi connectivity index (χ1) is 5.59. The van der Waals surface area contributed by atoms with Gasteiger partial charge in [-0.15, -0.1) is 0 Å². The molecule has 1 aliphatic rings. The van der Waals surface area contributed by atoms with E-state index in [1.807, 2.05) is 13.8 Å². The van der Waals surface area contributed by atoms with Crippen LogP contribution in [0.1, 0.15) is 26.7 Å². The first-order valence-corrected chi connectivity index (χ1v) is 4.34. The fraction of sp³-hybridized carbons (Fsp3) is 0.700. The summed E-state index contributed by atoms with van der Waals surface area (Å²) in [5.74, 6) is 0.240. The standard InChI is InChI=1S/C10H16O2/c1-10(2,9(11)12-3)8-6-4-5-7-8/h4,6,8H,5,7H2,1-3H3. The van der Waals surface area contributed by atoms with Crippen LogP contribution in [0.15, 0.2) is 12.2 Å². The van der Waals surface area contributed by atoms with Crippen LogP contribution >= 0.6 is 0 Å². The molecular formula is C10H16O2. The number of rotatable bonds is 2. The second-order valence-corrected chi connectivity index (χ2v) is 3.83.